The van der Waals surface area contributed by atoms with Crippen LogP contribution in [0, 0.1) is 13.8 Å². The first-order valence-corrected chi connectivity index (χ1v) is 6.04. The number of hydrogen-bond acceptors (Lipinski definition) is 4. The number of pyridine rings is 1. The van der Waals surface area contributed by atoms with E-state index in [4.69, 9.17) is 5.73 Å². The van der Waals surface area contributed by atoms with E-state index in [1.165, 1.54) is 0 Å². The number of halogens is 1. The molecule has 5 nitrogen and oxygen atoms in total. The van der Waals surface area contributed by atoms with Gasteiger partial charge in [-0.25, -0.2) is 4.68 Å². The summed E-state index contributed by atoms with van der Waals surface area (Å²) in [6.45, 7) is 3.92. The molecule has 6 heteroatoms. The third kappa shape index (κ3) is 2.23. The molecule has 0 amide bonds. The number of nitrogens with zero attached hydrogens (tertiary/aromatic N) is 4. The van der Waals surface area contributed by atoms with Gasteiger partial charge >= 0.3 is 0 Å². The predicted octanol–water partition coefficient (Wildman–Crippen LogP) is 1.64. The van der Waals surface area contributed by atoms with Gasteiger partial charge in [0.15, 0.2) is 4.60 Å². The Morgan fingerprint density at radius 2 is 2.06 bits per heavy atom. The highest BCUT2D eigenvalue weighted by atomic mass is 79.9. The molecule has 0 aliphatic carbocycles. The predicted molar refractivity (Wildman–Crippen MR) is 68.4 cm³/mol. The average Bonchev–Trinajstić information content (AvgIpc) is 2.58. The molecular formula is C11H14BrN5. The Kier molecular flexibility index (Phi) is 3.26. The maximum atomic E-state index is 6.24. The Hall–Kier alpha value is -1.27. The van der Waals surface area contributed by atoms with Gasteiger partial charge in [-0.05, 0) is 41.4 Å². The van der Waals surface area contributed by atoms with Crippen LogP contribution in [0.3, 0.4) is 0 Å². The van der Waals surface area contributed by atoms with E-state index in [2.05, 4.69) is 31.2 Å². The molecule has 0 saturated carbocycles. The SMILES string of the molecule is Cc1ccc(C(N)c2c(Br)nnn2C)c(C)n1. The molecule has 0 fully saturated rings. The highest BCUT2D eigenvalue weighted by molar-refractivity contribution is 9.10. The van der Waals surface area contributed by atoms with Gasteiger partial charge in [0.2, 0.25) is 0 Å². The molecule has 1 atom stereocenters. The van der Waals surface area contributed by atoms with Crippen LogP contribution in [0.4, 0.5) is 0 Å². The van der Waals surface area contributed by atoms with Crippen molar-refractivity contribution in [2.24, 2.45) is 12.8 Å². The van der Waals surface area contributed by atoms with Crippen LogP contribution in [0.15, 0.2) is 16.7 Å². The molecule has 17 heavy (non-hydrogen) atoms. The smallest absolute Gasteiger partial charge is 0.153 e. The molecule has 0 aromatic carbocycles. The molecule has 2 heterocycles. The zero-order chi connectivity index (χ0) is 12.6. The summed E-state index contributed by atoms with van der Waals surface area (Å²) in [4.78, 5) is 4.42. The monoisotopic (exact) mass is 295 g/mol. The topological polar surface area (TPSA) is 69.6 Å². The highest BCUT2D eigenvalue weighted by Crippen LogP contribution is 2.25. The second kappa shape index (κ2) is 4.54. The Balaban J connectivity index is 2.47. The van der Waals surface area contributed by atoms with Crippen LogP contribution in [0.25, 0.3) is 0 Å². The molecule has 2 aromatic heterocycles. The van der Waals surface area contributed by atoms with Gasteiger partial charge in [0, 0.05) is 18.4 Å². The molecule has 1 unspecified atom stereocenters. The van der Waals surface area contributed by atoms with Crippen molar-refractivity contribution < 1.29 is 0 Å². The number of aryl methyl sites for hydroxylation is 3. The van der Waals surface area contributed by atoms with Crippen LogP contribution in [0.2, 0.25) is 0 Å². The minimum absolute atomic E-state index is 0.280. The standard InChI is InChI=1S/C11H14BrN5/c1-6-4-5-8(7(2)14-6)9(13)10-11(12)15-16-17(10)3/h4-5,9H,13H2,1-3H3. The van der Waals surface area contributed by atoms with E-state index < -0.39 is 0 Å². The van der Waals surface area contributed by atoms with Crippen LogP contribution in [-0.2, 0) is 7.05 Å². The van der Waals surface area contributed by atoms with Crippen molar-refractivity contribution in [2.75, 3.05) is 0 Å². The molecule has 0 bridgehead atoms. The van der Waals surface area contributed by atoms with Gasteiger partial charge in [-0.15, -0.1) is 5.10 Å². The highest BCUT2D eigenvalue weighted by Gasteiger charge is 2.20. The van der Waals surface area contributed by atoms with Crippen molar-refractivity contribution in [3.8, 4) is 0 Å². The van der Waals surface area contributed by atoms with Gasteiger partial charge < -0.3 is 5.73 Å². The van der Waals surface area contributed by atoms with Crippen LogP contribution in [0.5, 0.6) is 0 Å². The summed E-state index contributed by atoms with van der Waals surface area (Å²) >= 11 is 3.36. The maximum Gasteiger partial charge on any atom is 0.153 e. The fourth-order valence-corrected chi connectivity index (χ4v) is 2.42. The summed E-state index contributed by atoms with van der Waals surface area (Å²) in [5, 5.41) is 7.87. The largest absolute Gasteiger partial charge is 0.319 e. The first-order valence-electron chi connectivity index (χ1n) is 5.25. The summed E-state index contributed by atoms with van der Waals surface area (Å²) in [6.07, 6.45) is 0. The Bertz CT molecular complexity index is 529. The molecule has 90 valence electrons. The molecule has 0 aliphatic heterocycles. The Morgan fingerprint density at radius 3 is 2.59 bits per heavy atom. The lowest BCUT2D eigenvalue weighted by molar-refractivity contribution is 0.648. The molecular weight excluding hydrogens is 282 g/mol. The number of nitrogens with two attached hydrogens (primary N) is 1. The summed E-state index contributed by atoms with van der Waals surface area (Å²) in [5.74, 6) is 0. The number of aromatic nitrogens is 4. The van der Waals surface area contributed by atoms with Crippen molar-refractivity contribution in [2.45, 2.75) is 19.9 Å². The van der Waals surface area contributed by atoms with E-state index in [-0.39, 0.29) is 6.04 Å². The van der Waals surface area contributed by atoms with Gasteiger partial charge in [0.25, 0.3) is 0 Å². The summed E-state index contributed by atoms with van der Waals surface area (Å²) in [6, 6.07) is 3.68. The second-order valence-electron chi connectivity index (χ2n) is 3.99. The van der Waals surface area contributed by atoms with E-state index in [1.54, 1.807) is 4.68 Å². The van der Waals surface area contributed by atoms with Crippen LogP contribution in [-0.4, -0.2) is 20.0 Å². The Labute approximate surface area is 108 Å². The zero-order valence-electron chi connectivity index (χ0n) is 9.98. The molecule has 2 rings (SSSR count). The number of hydrogen-bond donors (Lipinski definition) is 1. The van der Waals surface area contributed by atoms with Gasteiger partial charge in [-0.1, -0.05) is 11.3 Å². The first kappa shape index (κ1) is 12.2. The summed E-state index contributed by atoms with van der Waals surface area (Å²) in [5.41, 5.74) is 10.00. The lowest BCUT2D eigenvalue weighted by Gasteiger charge is -2.14. The zero-order valence-corrected chi connectivity index (χ0v) is 11.6. The third-order valence-electron chi connectivity index (χ3n) is 2.72. The van der Waals surface area contributed by atoms with Gasteiger partial charge in [-0.2, -0.15) is 0 Å². The van der Waals surface area contributed by atoms with Crippen molar-refractivity contribution in [1.29, 1.82) is 0 Å². The average molecular weight is 296 g/mol. The normalized spacial score (nSPS) is 12.8. The lowest BCUT2D eigenvalue weighted by atomic mass is 10.0. The van der Waals surface area contributed by atoms with E-state index >= 15 is 0 Å². The molecule has 0 spiro atoms. The molecule has 2 aromatic rings. The fraction of sp³-hybridized carbons (Fsp3) is 0.364. The quantitative estimate of drug-likeness (QED) is 0.914. The summed E-state index contributed by atoms with van der Waals surface area (Å²) < 4.78 is 2.35. The maximum absolute atomic E-state index is 6.24. The number of rotatable bonds is 2. The van der Waals surface area contributed by atoms with E-state index in [0.717, 1.165) is 22.6 Å². The minimum Gasteiger partial charge on any atom is -0.319 e. The summed E-state index contributed by atoms with van der Waals surface area (Å²) in [7, 11) is 1.82. The van der Waals surface area contributed by atoms with E-state index in [1.807, 2.05) is 33.0 Å². The molecule has 0 radical (unpaired) electrons. The fourth-order valence-electron chi connectivity index (χ4n) is 1.84. The molecule has 0 aliphatic rings. The first-order chi connectivity index (χ1) is 8.00. The van der Waals surface area contributed by atoms with Gasteiger partial charge in [0.05, 0.1) is 11.7 Å². The molecule has 2 N–H and O–H groups in total. The lowest BCUT2D eigenvalue weighted by Crippen LogP contribution is -2.18. The second-order valence-corrected chi connectivity index (χ2v) is 4.75. The van der Waals surface area contributed by atoms with Crippen LogP contribution < -0.4 is 5.73 Å². The van der Waals surface area contributed by atoms with E-state index in [0.29, 0.717) is 4.60 Å². The van der Waals surface area contributed by atoms with E-state index in [9.17, 15) is 0 Å². The van der Waals surface area contributed by atoms with Crippen molar-refractivity contribution in [3.05, 3.63) is 39.4 Å². The third-order valence-corrected chi connectivity index (χ3v) is 3.29. The Morgan fingerprint density at radius 1 is 1.35 bits per heavy atom. The van der Waals surface area contributed by atoms with Crippen LogP contribution >= 0.6 is 15.9 Å². The minimum atomic E-state index is -0.280. The molecule has 0 saturated heterocycles. The van der Waals surface area contributed by atoms with Crippen molar-refractivity contribution in [1.82, 2.24) is 20.0 Å². The van der Waals surface area contributed by atoms with Crippen molar-refractivity contribution >= 4 is 15.9 Å². The van der Waals surface area contributed by atoms with Crippen LogP contribution in [0.1, 0.15) is 28.7 Å². The van der Waals surface area contributed by atoms with Gasteiger partial charge in [-0.3, -0.25) is 4.98 Å². The van der Waals surface area contributed by atoms with Gasteiger partial charge in [0.1, 0.15) is 0 Å². The van der Waals surface area contributed by atoms with Crippen molar-refractivity contribution in [3.63, 3.8) is 0 Å².